The Hall–Kier alpha value is -0.870. The molecule has 12 heavy (non-hydrogen) atoms. The van der Waals surface area contributed by atoms with E-state index >= 15 is 0 Å². The Bertz CT molecular complexity index is 231. The smallest absolute Gasteiger partial charge is 0.331 e. The lowest BCUT2D eigenvalue weighted by Crippen LogP contribution is -2.06. The van der Waals surface area contributed by atoms with Gasteiger partial charge in [-0.25, -0.2) is 4.79 Å². The Morgan fingerprint density at radius 2 is 2.08 bits per heavy atom. The normalized spacial score (nSPS) is 29.6. The molecule has 68 valence electrons. The predicted molar refractivity (Wildman–Crippen MR) is 41.8 cm³/mol. The Labute approximate surface area is 70.5 Å². The van der Waals surface area contributed by atoms with Gasteiger partial charge in [0.1, 0.15) is 12.2 Å². The fraction of sp³-hybridized carbons (Fsp3) is 0.625. The molecule has 0 aromatic heterocycles. The largest absolute Gasteiger partial charge is 0.478 e. The lowest BCUT2D eigenvalue weighted by molar-refractivity contribution is -0.132. The van der Waals surface area contributed by atoms with Crippen molar-refractivity contribution in [2.75, 3.05) is 6.61 Å². The first-order valence-corrected chi connectivity index (χ1v) is 3.75. The minimum absolute atomic E-state index is 0.0467. The Balaban J connectivity index is 2.64. The maximum Gasteiger partial charge on any atom is 0.331 e. The van der Waals surface area contributed by atoms with E-state index in [4.69, 9.17) is 14.9 Å². The molecule has 1 rings (SSSR count). The molecule has 0 spiro atoms. The molecular weight excluding hydrogens is 160 g/mol. The average molecular weight is 172 g/mol. The van der Waals surface area contributed by atoms with E-state index in [2.05, 4.69) is 0 Å². The van der Waals surface area contributed by atoms with Crippen LogP contribution in [-0.4, -0.2) is 35.0 Å². The molecule has 0 radical (unpaired) electrons. The fourth-order valence-corrected chi connectivity index (χ4v) is 1.04. The van der Waals surface area contributed by atoms with Crippen LogP contribution in [0.15, 0.2) is 11.1 Å². The summed E-state index contributed by atoms with van der Waals surface area (Å²) in [5.41, 5.74) is 0.998. The molecule has 2 atom stereocenters. The molecule has 0 aromatic carbocycles. The molecule has 2 N–H and O–H groups in total. The number of carboxylic acid groups (broad SMARTS) is 1. The maximum atomic E-state index is 10.5. The van der Waals surface area contributed by atoms with Crippen LogP contribution in [0.3, 0.4) is 0 Å². The molecule has 4 nitrogen and oxygen atoms in total. The third kappa shape index (κ3) is 1.65. The van der Waals surface area contributed by atoms with E-state index in [9.17, 15) is 4.79 Å². The van der Waals surface area contributed by atoms with Gasteiger partial charge in [-0.2, -0.15) is 0 Å². The summed E-state index contributed by atoms with van der Waals surface area (Å²) >= 11 is 0. The zero-order valence-electron chi connectivity index (χ0n) is 7.07. The van der Waals surface area contributed by atoms with Crippen molar-refractivity contribution >= 4 is 5.97 Å². The van der Waals surface area contributed by atoms with Crippen LogP contribution in [0.25, 0.3) is 0 Å². The van der Waals surface area contributed by atoms with Crippen LogP contribution >= 0.6 is 0 Å². The molecule has 1 aliphatic rings. The van der Waals surface area contributed by atoms with Crippen LogP contribution in [0.1, 0.15) is 13.8 Å². The summed E-state index contributed by atoms with van der Waals surface area (Å²) in [4.78, 5) is 10.5. The monoisotopic (exact) mass is 172 g/mol. The van der Waals surface area contributed by atoms with E-state index in [1.807, 2.05) is 0 Å². The molecule has 0 saturated carbocycles. The van der Waals surface area contributed by atoms with Crippen molar-refractivity contribution in [3.63, 3.8) is 0 Å². The van der Waals surface area contributed by atoms with E-state index < -0.39 is 5.97 Å². The van der Waals surface area contributed by atoms with E-state index in [1.54, 1.807) is 6.92 Å². The summed E-state index contributed by atoms with van der Waals surface area (Å²) in [7, 11) is 0. The van der Waals surface area contributed by atoms with Gasteiger partial charge in [0, 0.05) is 5.57 Å². The van der Waals surface area contributed by atoms with Crippen molar-refractivity contribution in [3.8, 4) is 0 Å². The summed E-state index contributed by atoms with van der Waals surface area (Å²) in [6.45, 7) is 3.20. The van der Waals surface area contributed by atoms with Crippen LogP contribution in [0.5, 0.6) is 0 Å². The standard InChI is InChI=1S/C8H12O4/c1-4(5(2)8(10)11)7-6(3-9)12-7/h6-7,9H,3H2,1-2H3,(H,10,11). The van der Waals surface area contributed by atoms with Gasteiger partial charge in [-0.1, -0.05) is 0 Å². The second-order valence-electron chi connectivity index (χ2n) is 2.89. The fourth-order valence-electron chi connectivity index (χ4n) is 1.04. The number of epoxide rings is 1. The molecule has 0 aliphatic carbocycles. The summed E-state index contributed by atoms with van der Waals surface area (Å²) in [5, 5.41) is 17.3. The van der Waals surface area contributed by atoms with Crippen LogP contribution in [0.2, 0.25) is 0 Å². The van der Waals surface area contributed by atoms with E-state index in [0.29, 0.717) is 11.1 Å². The van der Waals surface area contributed by atoms with Crippen LogP contribution in [0, 0.1) is 0 Å². The van der Waals surface area contributed by atoms with Gasteiger partial charge in [-0.15, -0.1) is 0 Å². The molecule has 1 fully saturated rings. The number of hydrogen-bond acceptors (Lipinski definition) is 3. The van der Waals surface area contributed by atoms with Gasteiger partial charge in [-0.05, 0) is 19.4 Å². The van der Waals surface area contributed by atoms with Gasteiger partial charge in [-0.3, -0.25) is 0 Å². The summed E-state index contributed by atoms with van der Waals surface area (Å²) in [6.07, 6.45) is -0.384. The van der Waals surface area contributed by atoms with Gasteiger partial charge >= 0.3 is 5.97 Å². The number of ether oxygens (including phenoxy) is 1. The molecule has 2 unspecified atom stereocenters. The van der Waals surface area contributed by atoms with Crippen LogP contribution in [0.4, 0.5) is 0 Å². The minimum Gasteiger partial charge on any atom is -0.478 e. The number of aliphatic hydroxyl groups is 1. The van der Waals surface area contributed by atoms with Gasteiger partial charge in [0.15, 0.2) is 0 Å². The van der Waals surface area contributed by atoms with Gasteiger partial charge in [0.25, 0.3) is 0 Å². The molecule has 1 aliphatic heterocycles. The molecule has 0 amide bonds. The summed E-state index contributed by atoms with van der Waals surface area (Å²) < 4.78 is 5.03. The highest BCUT2D eigenvalue weighted by atomic mass is 16.6. The van der Waals surface area contributed by atoms with Crippen LogP contribution in [-0.2, 0) is 9.53 Å². The lowest BCUT2D eigenvalue weighted by atomic mass is 10.1. The Morgan fingerprint density at radius 3 is 2.42 bits per heavy atom. The lowest BCUT2D eigenvalue weighted by Gasteiger charge is -1.98. The quantitative estimate of drug-likeness (QED) is 0.470. The summed E-state index contributed by atoms with van der Waals surface area (Å²) in [5.74, 6) is -0.931. The first kappa shape index (κ1) is 9.22. The number of carbonyl (C=O) groups is 1. The van der Waals surface area contributed by atoms with Gasteiger partial charge in [0.05, 0.1) is 6.61 Å². The first-order valence-electron chi connectivity index (χ1n) is 3.75. The third-order valence-corrected chi connectivity index (χ3v) is 2.10. The van der Waals surface area contributed by atoms with Crippen LogP contribution < -0.4 is 0 Å². The SMILES string of the molecule is CC(C(=O)O)=C(C)C1OC1CO. The maximum absolute atomic E-state index is 10.5. The van der Waals surface area contributed by atoms with E-state index in [0.717, 1.165) is 0 Å². The van der Waals surface area contributed by atoms with Gasteiger partial charge in [0.2, 0.25) is 0 Å². The van der Waals surface area contributed by atoms with E-state index in [1.165, 1.54) is 6.92 Å². The summed E-state index contributed by atoms with van der Waals surface area (Å²) in [6, 6.07) is 0. The zero-order valence-corrected chi connectivity index (χ0v) is 7.07. The number of rotatable bonds is 3. The predicted octanol–water partition coefficient (Wildman–Crippen LogP) is 0.167. The zero-order chi connectivity index (χ0) is 9.30. The Kier molecular flexibility index (Phi) is 2.49. The second-order valence-corrected chi connectivity index (χ2v) is 2.89. The number of carboxylic acids is 1. The van der Waals surface area contributed by atoms with Crippen molar-refractivity contribution in [2.45, 2.75) is 26.1 Å². The molecule has 0 aromatic rings. The van der Waals surface area contributed by atoms with Crippen molar-refractivity contribution < 1.29 is 19.7 Å². The number of aliphatic hydroxyl groups excluding tert-OH is 1. The first-order chi connectivity index (χ1) is 5.57. The van der Waals surface area contributed by atoms with Crippen molar-refractivity contribution in [1.82, 2.24) is 0 Å². The minimum atomic E-state index is -0.931. The number of aliphatic carboxylic acids is 1. The highest BCUT2D eigenvalue weighted by molar-refractivity contribution is 5.87. The highest BCUT2D eigenvalue weighted by Crippen LogP contribution is 2.30. The molecular formula is C8H12O4. The van der Waals surface area contributed by atoms with Crippen molar-refractivity contribution in [1.29, 1.82) is 0 Å². The van der Waals surface area contributed by atoms with Gasteiger partial charge < -0.3 is 14.9 Å². The van der Waals surface area contributed by atoms with Crippen molar-refractivity contribution in [3.05, 3.63) is 11.1 Å². The molecule has 1 saturated heterocycles. The van der Waals surface area contributed by atoms with Crippen molar-refractivity contribution in [2.24, 2.45) is 0 Å². The Morgan fingerprint density at radius 1 is 1.50 bits per heavy atom. The topological polar surface area (TPSA) is 70.1 Å². The third-order valence-electron chi connectivity index (χ3n) is 2.10. The molecule has 1 heterocycles. The second kappa shape index (κ2) is 3.25. The van der Waals surface area contributed by atoms with E-state index in [-0.39, 0.29) is 18.8 Å². The molecule has 4 heteroatoms. The highest BCUT2D eigenvalue weighted by Gasteiger charge is 2.40. The average Bonchev–Trinajstić information content (AvgIpc) is 2.80. The number of hydrogen-bond donors (Lipinski definition) is 2. The molecule has 0 bridgehead atoms.